The molecule has 0 amide bonds. The third kappa shape index (κ3) is 3.75. The first-order valence-corrected chi connectivity index (χ1v) is 10.8. The van der Waals surface area contributed by atoms with Crippen LogP contribution in [0.25, 0.3) is 6.08 Å². The molecule has 0 fully saturated rings. The molecule has 172 valence electrons. The van der Waals surface area contributed by atoms with E-state index in [-0.39, 0.29) is 30.5 Å². The first-order chi connectivity index (χ1) is 16.5. The Morgan fingerprint density at radius 1 is 1.15 bits per heavy atom. The molecule has 0 radical (unpaired) electrons. The highest BCUT2D eigenvalue weighted by Gasteiger charge is 2.40. The van der Waals surface area contributed by atoms with Gasteiger partial charge in [-0.05, 0) is 42.8 Å². The number of fused-ring (bicyclic) bond motifs is 3. The van der Waals surface area contributed by atoms with Crippen LogP contribution in [0.3, 0.4) is 0 Å². The average Bonchev–Trinajstić information content (AvgIpc) is 3.45. The van der Waals surface area contributed by atoms with E-state index in [1.54, 1.807) is 43.5 Å². The Bertz CT molecular complexity index is 1330. The molecule has 0 spiro atoms. The van der Waals surface area contributed by atoms with Gasteiger partial charge in [-0.25, -0.2) is 0 Å². The van der Waals surface area contributed by atoms with Gasteiger partial charge in [-0.15, -0.1) is 0 Å². The standard InChI is InChI=1S/C27H22O7/c1-15(2)14-32-26-17(7-4-8-21(26)30-3)19-13-23(28)33-20-10-9-18-25(29)22(34-27(18)24(19)20)12-16-6-5-11-31-16/h4-12,19H,1,13-14H2,2-3H3/b22-12-. The van der Waals surface area contributed by atoms with E-state index in [1.165, 1.54) is 6.26 Å². The Morgan fingerprint density at radius 3 is 2.74 bits per heavy atom. The number of carbonyl (C=O) groups is 2. The molecular formula is C27H22O7. The maximum Gasteiger partial charge on any atom is 0.312 e. The molecule has 3 heterocycles. The van der Waals surface area contributed by atoms with Gasteiger partial charge in [0.2, 0.25) is 5.78 Å². The molecule has 2 aliphatic heterocycles. The van der Waals surface area contributed by atoms with E-state index in [0.29, 0.717) is 39.9 Å². The number of allylic oxidation sites excluding steroid dienone is 1. The van der Waals surface area contributed by atoms with Crippen molar-refractivity contribution in [3.05, 3.63) is 89.1 Å². The lowest BCUT2D eigenvalue weighted by Gasteiger charge is -2.28. The zero-order chi connectivity index (χ0) is 23.8. The van der Waals surface area contributed by atoms with Crippen molar-refractivity contribution in [1.29, 1.82) is 0 Å². The zero-order valence-electron chi connectivity index (χ0n) is 18.8. The molecule has 0 bridgehead atoms. The summed E-state index contributed by atoms with van der Waals surface area (Å²) in [6.07, 6.45) is 3.12. The third-order valence-electron chi connectivity index (χ3n) is 5.66. The van der Waals surface area contributed by atoms with E-state index >= 15 is 0 Å². The fourth-order valence-electron chi connectivity index (χ4n) is 4.19. The summed E-state index contributed by atoms with van der Waals surface area (Å²) in [4.78, 5) is 25.6. The van der Waals surface area contributed by atoms with Crippen LogP contribution in [0.1, 0.15) is 46.5 Å². The summed E-state index contributed by atoms with van der Waals surface area (Å²) in [5.74, 6) is 1.25. The van der Waals surface area contributed by atoms with Crippen LogP contribution < -0.4 is 18.9 Å². The fourth-order valence-corrected chi connectivity index (χ4v) is 4.19. The van der Waals surface area contributed by atoms with Crippen LogP contribution in [0.5, 0.6) is 23.0 Å². The monoisotopic (exact) mass is 458 g/mol. The van der Waals surface area contributed by atoms with E-state index in [9.17, 15) is 9.59 Å². The highest BCUT2D eigenvalue weighted by molar-refractivity contribution is 6.15. The summed E-state index contributed by atoms with van der Waals surface area (Å²) in [6.45, 7) is 6.05. The normalized spacial score (nSPS) is 17.6. The molecule has 34 heavy (non-hydrogen) atoms. The lowest BCUT2D eigenvalue weighted by Crippen LogP contribution is -2.22. The lowest BCUT2D eigenvalue weighted by atomic mass is 9.84. The van der Waals surface area contributed by atoms with Crippen LogP contribution in [-0.4, -0.2) is 25.5 Å². The fraction of sp³-hybridized carbons (Fsp3) is 0.185. The maximum absolute atomic E-state index is 13.1. The van der Waals surface area contributed by atoms with Crippen molar-refractivity contribution in [2.75, 3.05) is 13.7 Å². The summed E-state index contributed by atoms with van der Waals surface area (Å²) in [5, 5.41) is 0. The molecule has 5 rings (SSSR count). The van der Waals surface area contributed by atoms with Crippen molar-refractivity contribution in [3.63, 3.8) is 0 Å². The number of esters is 1. The van der Waals surface area contributed by atoms with Gasteiger partial charge in [0.1, 0.15) is 23.9 Å². The molecule has 1 unspecified atom stereocenters. The van der Waals surface area contributed by atoms with Crippen molar-refractivity contribution in [2.45, 2.75) is 19.3 Å². The van der Waals surface area contributed by atoms with Gasteiger partial charge in [-0.2, -0.15) is 0 Å². The first kappa shape index (κ1) is 21.6. The SMILES string of the molecule is C=C(C)COc1c(OC)cccc1C1CC(=O)Oc2ccc3c(c21)O/C(=C\c1ccco1)C3=O. The van der Waals surface area contributed by atoms with Crippen molar-refractivity contribution >= 4 is 17.8 Å². The molecule has 0 N–H and O–H groups in total. The second-order valence-electron chi connectivity index (χ2n) is 8.16. The molecule has 0 aliphatic carbocycles. The zero-order valence-corrected chi connectivity index (χ0v) is 18.8. The molecular weight excluding hydrogens is 436 g/mol. The average molecular weight is 458 g/mol. The number of para-hydroxylation sites is 1. The number of ketones is 1. The largest absolute Gasteiger partial charge is 0.493 e. The summed E-state index contributed by atoms with van der Waals surface area (Å²) < 4.78 is 28.5. The molecule has 7 heteroatoms. The summed E-state index contributed by atoms with van der Waals surface area (Å²) >= 11 is 0. The molecule has 0 saturated carbocycles. The predicted octanol–water partition coefficient (Wildman–Crippen LogP) is 5.30. The Hall–Kier alpha value is -4.26. The van der Waals surface area contributed by atoms with Crippen molar-refractivity contribution in [1.82, 2.24) is 0 Å². The quantitative estimate of drug-likeness (QED) is 0.214. The topological polar surface area (TPSA) is 84.2 Å². The van der Waals surface area contributed by atoms with Gasteiger partial charge >= 0.3 is 5.97 Å². The molecule has 0 saturated heterocycles. The molecule has 1 aromatic heterocycles. The van der Waals surface area contributed by atoms with Gasteiger partial charge in [0.15, 0.2) is 17.3 Å². The highest BCUT2D eigenvalue weighted by atomic mass is 16.5. The summed E-state index contributed by atoms with van der Waals surface area (Å²) in [6, 6.07) is 12.2. The predicted molar refractivity (Wildman–Crippen MR) is 123 cm³/mol. The number of benzene rings is 2. The van der Waals surface area contributed by atoms with Crippen LogP contribution in [-0.2, 0) is 4.79 Å². The Balaban J connectivity index is 1.64. The number of rotatable bonds is 6. The van der Waals surface area contributed by atoms with Crippen LogP contribution in [0, 0.1) is 0 Å². The van der Waals surface area contributed by atoms with Gasteiger partial charge in [-0.1, -0.05) is 18.7 Å². The van der Waals surface area contributed by atoms with Gasteiger partial charge < -0.3 is 23.4 Å². The van der Waals surface area contributed by atoms with E-state index in [2.05, 4.69) is 6.58 Å². The summed E-state index contributed by atoms with van der Waals surface area (Å²) in [5.41, 5.74) is 2.57. The molecule has 2 aromatic carbocycles. The highest BCUT2D eigenvalue weighted by Crippen LogP contribution is 2.51. The second kappa shape index (κ2) is 8.59. The van der Waals surface area contributed by atoms with Crippen LogP contribution in [0.2, 0.25) is 0 Å². The van der Waals surface area contributed by atoms with Crippen molar-refractivity contribution < 1.29 is 33.0 Å². The van der Waals surface area contributed by atoms with Gasteiger partial charge in [0.25, 0.3) is 0 Å². The minimum absolute atomic E-state index is 0.0504. The second-order valence-corrected chi connectivity index (χ2v) is 8.16. The van der Waals surface area contributed by atoms with E-state index < -0.39 is 5.92 Å². The van der Waals surface area contributed by atoms with Crippen molar-refractivity contribution in [3.8, 4) is 23.0 Å². The molecule has 1 atom stereocenters. The van der Waals surface area contributed by atoms with Crippen LogP contribution in [0.15, 0.2) is 71.1 Å². The number of hydrogen-bond acceptors (Lipinski definition) is 7. The number of furan rings is 1. The minimum atomic E-state index is -0.475. The van der Waals surface area contributed by atoms with Gasteiger partial charge in [0, 0.05) is 23.1 Å². The van der Waals surface area contributed by atoms with E-state index in [0.717, 1.165) is 11.1 Å². The third-order valence-corrected chi connectivity index (χ3v) is 5.66. The van der Waals surface area contributed by atoms with Crippen LogP contribution in [0.4, 0.5) is 0 Å². The molecule has 7 nitrogen and oxygen atoms in total. The number of carbonyl (C=O) groups excluding carboxylic acids is 2. The van der Waals surface area contributed by atoms with E-state index in [1.807, 2.05) is 19.1 Å². The Morgan fingerprint density at radius 2 is 2.00 bits per heavy atom. The van der Waals surface area contributed by atoms with E-state index in [4.69, 9.17) is 23.4 Å². The Kier molecular flexibility index (Phi) is 5.45. The molecule has 2 aliphatic rings. The molecule has 3 aromatic rings. The van der Waals surface area contributed by atoms with Crippen LogP contribution >= 0.6 is 0 Å². The maximum atomic E-state index is 13.1. The number of hydrogen-bond donors (Lipinski definition) is 0. The smallest absolute Gasteiger partial charge is 0.312 e. The van der Waals surface area contributed by atoms with Crippen molar-refractivity contribution in [2.24, 2.45) is 0 Å². The summed E-state index contributed by atoms with van der Waals surface area (Å²) in [7, 11) is 1.56. The number of methoxy groups -OCH3 is 1. The minimum Gasteiger partial charge on any atom is -0.493 e. The van der Waals surface area contributed by atoms with Gasteiger partial charge in [-0.3, -0.25) is 9.59 Å². The number of ether oxygens (including phenoxy) is 4. The lowest BCUT2D eigenvalue weighted by molar-refractivity contribution is -0.135. The Labute approximate surface area is 196 Å². The number of Topliss-reactive ketones (excluding diaryl/α,β-unsaturated/α-hetero) is 1. The van der Waals surface area contributed by atoms with Gasteiger partial charge in [0.05, 0.1) is 25.4 Å². The first-order valence-electron chi connectivity index (χ1n) is 10.8.